The molecule has 0 aliphatic rings. The number of imide groups is 1. The van der Waals surface area contributed by atoms with Crippen molar-refractivity contribution >= 4 is 41.3 Å². The predicted molar refractivity (Wildman–Crippen MR) is 90.5 cm³/mol. The van der Waals surface area contributed by atoms with Gasteiger partial charge in [0.2, 0.25) is 5.91 Å². The molecular formula is C15H18FN3O5S. The highest BCUT2D eigenvalue weighted by Crippen LogP contribution is 2.14. The molecule has 136 valence electrons. The molecule has 1 unspecified atom stereocenters. The number of benzene rings is 1. The first-order valence-electron chi connectivity index (χ1n) is 7.17. The van der Waals surface area contributed by atoms with Crippen molar-refractivity contribution < 1.29 is 28.3 Å². The second-order valence-corrected chi connectivity index (χ2v) is 6.07. The summed E-state index contributed by atoms with van der Waals surface area (Å²) >= 11 is 1.01. The Morgan fingerprint density at radius 3 is 2.40 bits per heavy atom. The van der Waals surface area contributed by atoms with Crippen LogP contribution in [0.15, 0.2) is 24.3 Å². The maximum absolute atomic E-state index is 12.8. The van der Waals surface area contributed by atoms with E-state index in [1.165, 1.54) is 38.2 Å². The molecule has 0 saturated carbocycles. The van der Waals surface area contributed by atoms with Crippen LogP contribution in [0.3, 0.4) is 0 Å². The molecule has 0 heterocycles. The number of hydrogen-bond donors (Lipinski definition) is 3. The van der Waals surface area contributed by atoms with E-state index in [4.69, 9.17) is 4.74 Å². The normalized spacial score (nSPS) is 11.2. The van der Waals surface area contributed by atoms with Crippen LogP contribution in [-0.4, -0.2) is 48.5 Å². The van der Waals surface area contributed by atoms with Crippen molar-refractivity contribution in [2.45, 2.75) is 12.2 Å². The molecule has 0 aromatic heterocycles. The summed E-state index contributed by atoms with van der Waals surface area (Å²) in [5.41, 5.74) is 0.438. The number of thioether (sulfide) groups is 1. The number of rotatable bonds is 7. The Balaban J connectivity index is 2.30. The lowest BCUT2D eigenvalue weighted by atomic mass is 10.3. The van der Waals surface area contributed by atoms with Gasteiger partial charge in [0.15, 0.2) is 6.61 Å². The topological polar surface area (TPSA) is 114 Å². The van der Waals surface area contributed by atoms with Crippen LogP contribution in [0, 0.1) is 5.82 Å². The minimum absolute atomic E-state index is 0.0297. The highest BCUT2D eigenvalue weighted by atomic mass is 32.2. The van der Waals surface area contributed by atoms with Crippen LogP contribution in [0.4, 0.5) is 14.9 Å². The SMILES string of the molecule is CNC(=O)NC(=O)COC(=O)C(C)SCC(=O)Nc1ccc(F)cc1. The lowest BCUT2D eigenvalue weighted by Crippen LogP contribution is -2.40. The number of hydrogen-bond acceptors (Lipinski definition) is 6. The number of carbonyl (C=O) groups excluding carboxylic acids is 4. The van der Waals surface area contributed by atoms with E-state index in [9.17, 15) is 23.6 Å². The molecule has 0 aliphatic carbocycles. The molecule has 1 atom stereocenters. The fraction of sp³-hybridized carbons (Fsp3) is 0.333. The van der Waals surface area contributed by atoms with Gasteiger partial charge in [0.1, 0.15) is 11.1 Å². The predicted octanol–water partition coefficient (Wildman–Crippen LogP) is 0.885. The van der Waals surface area contributed by atoms with E-state index < -0.39 is 35.6 Å². The summed E-state index contributed by atoms with van der Waals surface area (Å²) in [7, 11) is 1.34. The number of amides is 4. The molecule has 3 N–H and O–H groups in total. The van der Waals surface area contributed by atoms with E-state index in [0.29, 0.717) is 5.69 Å². The summed E-state index contributed by atoms with van der Waals surface area (Å²) in [6.07, 6.45) is 0. The monoisotopic (exact) mass is 371 g/mol. The third-order valence-electron chi connectivity index (χ3n) is 2.75. The van der Waals surface area contributed by atoms with Gasteiger partial charge in [-0.15, -0.1) is 11.8 Å². The highest BCUT2D eigenvalue weighted by Gasteiger charge is 2.18. The van der Waals surface area contributed by atoms with E-state index in [1.54, 1.807) is 0 Å². The molecule has 4 amide bonds. The zero-order valence-corrected chi connectivity index (χ0v) is 14.4. The maximum atomic E-state index is 12.8. The van der Waals surface area contributed by atoms with Gasteiger partial charge in [0.05, 0.1) is 5.75 Å². The van der Waals surface area contributed by atoms with Crippen molar-refractivity contribution in [1.82, 2.24) is 10.6 Å². The lowest BCUT2D eigenvalue weighted by Gasteiger charge is -2.11. The van der Waals surface area contributed by atoms with Crippen molar-refractivity contribution in [2.75, 3.05) is 24.7 Å². The fourth-order valence-electron chi connectivity index (χ4n) is 1.48. The Kier molecular flexibility index (Phi) is 8.40. The first kappa shape index (κ1) is 20.4. The van der Waals surface area contributed by atoms with Crippen molar-refractivity contribution in [1.29, 1.82) is 0 Å². The molecule has 25 heavy (non-hydrogen) atoms. The van der Waals surface area contributed by atoms with E-state index in [2.05, 4.69) is 10.6 Å². The summed E-state index contributed by atoms with van der Waals surface area (Å²) in [6, 6.07) is 4.56. The molecule has 1 aromatic rings. The van der Waals surface area contributed by atoms with E-state index in [1.807, 2.05) is 5.32 Å². The number of urea groups is 1. The third-order valence-corrected chi connectivity index (χ3v) is 3.87. The molecule has 1 rings (SSSR count). The number of halogens is 1. The number of esters is 1. The molecule has 0 radical (unpaired) electrons. The Morgan fingerprint density at radius 2 is 1.80 bits per heavy atom. The van der Waals surface area contributed by atoms with E-state index >= 15 is 0 Å². The largest absolute Gasteiger partial charge is 0.455 e. The van der Waals surface area contributed by atoms with Crippen LogP contribution in [0.2, 0.25) is 0 Å². The van der Waals surface area contributed by atoms with Crippen molar-refractivity contribution in [3.63, 3.8) is 0 Å². The van der Waals surface area contributed by atoms with Gasteiger partial charge in [-0.1, -0.05) is 0 Å². The Morgan fingerprint density at radius 1 is 1.16 bits per heavy atom. The third kappa shape index (κ3) is 8.15. The molecule has 8 nitrogen and oxygen atoms in total. The molecule has 0 aliphatic heterocycles. The summed E-state index contributed by atoms with van der Waals surface area (Å²) in [5.74, 6) is -2.26. The zero-order chi connectivity index (χ0) is 18.8. The maximum Gasteiger partial charge on any atom is 0.321 e. The Hall–Kier alpha value is -2.62. The molecule has 0 fully saturated rings. The summed E-state index contributed by atoms with van der Waals surface area (Å²) < 4.78 is 17.5. The molecule has 0 bridgehead atoms. The van der Waals surface area contributed by atoms with E-state index in [-0.39, 0.29) is 11.7 Å². The van der Waals surface area contributed by atoms with Gasteiger partial charge in [-0.25, -0.2) is 9.18 Å². The van der Waals surface area contributed by atoms with Gasteiger partial charge in [-0.05, 0) is 31.2 Å². The summed E-state index contributed by atoms with van der Waals surface area (Å²) in [4.78, 5) is 45.7. The second-order valence-electron chi connectivity index (χ2n) is 4.74. The van der Waals surface area contributed by atoms with Gasteiger partial charge < -0.3 is 15.4 Å². The smallest absolute Gasteiger partial charge is 0.321 e. The highest BCUT2D eigenvalue weighted by molar-refractivity contribution is 8.01. The zero-order valence-electron chi connectivity index (χ0n) is 13.6. The number of nitrogens with one attached hydrogen (secondary N) is 3. The van der Waals surface area contributed by atoms with Gasteiger partial charge in [-0.3, -0.25) is 19.7 Å². The van der Waals surface area contributed by atoms with Crippen LogP contribution in [0.25, 0.3) is 0 Å². The van der Waals surface area contributed by atoms with Crippen LogP contribution in [0.5, 0.6) is 0 Å². The molecule has 1 aromatic carbocycles. The second kappa shape index (κ2) is 10.3. The number of carbonyl (C=O) groups is 4. The van der Waals surface area contributed by atoms with Gasteiger partial charge in [0.25, 0.3) is 5.91 Å². The molecule has 0 saturated heterocycles. The Labute approximate surface area is 147 Å². The van der Waals surface area contributed by atoms with Crippen molar-refractivity contribution in [3.8, 4) is 0 Å². The average Bonchev–Trinajstić information content (AvgIpc) is 2.59. The quantitative estimate of drug-likeness (QED) is 0.614. The van der Waals surface area contributed by atoms with Crippen molar-refractivity contribution in [2.24, 2.45) is 0 Å². The summed E-state index contributed by atoms with van der Waals surface area (Å²) in [6.45, 7) is 0.924. The minimum Gasteiger partial charge on any atom is -0.455 e. The standard InChI is InChI=1S/C15H18FN3O5S/c1-9(14(22)24-7-12(20)19-15(23)17-2)25-8-13(21)18-11-5-3-10(16)4-6-11/h3-6,9H,7-8H2,1-2H3,(H,18,21)(H2,17,19,20,23). The van der Waals surface area contributed by atoms with Crippen LogP contribution >= 0.6 is 11.8 Å². The van der Waals surface area contributed by atoms with Gasteiger partial charge in [-0.2, -0.15) is 0 Å². The Bertz CT molecular complexity index is 639. The average molecular weight is 371 g/mol. The van der Waals surface area contributed by atoms with Crippen molar-refractivity contribution in [3.05, 3.63) is 30.1 Å². The molecule has 10 heteroatoms. The van der Waals surface area contributed by atoms with Crippen LogP contribution in [0.1, 0.15) is 6.92 Å². The molecular weight excluding hydrogens is 353 g/mol. The first-order chi connectivity index (χ1) is 11.8. The minimum atomic E-state index is -0.765. The number of ether oxygens (including phenoxy) is 1. The summed E-state index contributed by atoms with van der Waals surface area (Å²) in [5, 5.41) is 5.99. The van der Waals surface area contributed by atoms with E-state index in [0.717, 1.165) is 11.8 Å². The van der Waals surface area contributed by atoms with Crippen LogP contribution in [-0.2, 0) is 19.1 Å². The van der Waals surface area contributed by atoms with Crippen LogP contribution < -0.4 is 16.0 Å². The van der Waals surface area contributed by atoms with Gasteiger partial charge in [0, 0.05) is 12.7 Å². The van der Waals surface area contributed by atoms with Gasteiger partial charge >= 0.3 is 12.0 Å². The molecule has 0 spiro atoms. The first-order valence-corrected chi connectivity index (χ1v) is 8.22. The number of anilines is 1. The lowest BCUT2D eigenvalue weighted by molar-refractivity contribution is -0.147. The fourth-order valence-corrected chi connectivity index (χ4v) is 2.16.